The van der Waals surface area contributed by atoms with Crippen molar-refractivity contribution in [2.24, 2.45) is 0 Å². The zero-order valence-electron chi connectivity index (χ0n) is 18.5. The Hall–Kier alpha value is -3.40. The van der Waals surface area contributed by atoms with Gasteiger partial charge in [0.2, 0.25) is 0 Å². The summed E-state index contributed by atoms with van der Waals surface area (Å²) in [4.78, 5) is 17.1. The lowest BCUT2D eigenvalue weighted by Gasteiger charge is -2.08. The van der Waals surface area contributed by atoms with Crippen molar-refractivity contribution in [3.05, 3.63) is 70.3 Å². The number of thiocarbonyl (C=S) groups is 1. The number of halogens is 1. The minimum absolute atomic E-state index is 0.106. The molecular weight excluding hydrogens is 494 g/mol. The molecule has 0 aliphatic heterocycles. The highest BCUT2D eigenvalue weighted by atomic mass is 35.5. The van der Waals surface area contributed by atoms with Gasteiger partial charge in [-0.25, -0.2) is 4.98 Å². The molecule has 0 fully saturated rings. The molecule has 0 aliphatic rings. The number of nitrogens with zero attached hydrogens (tertiary/aromatic N) is 1. The largest absolute Gasteiger partial charge is 0.493 e. The summed E-state index contributed by atoms with van der Waals surface area (Å²) in [5.74, 6) is 1.43. The lowest BCUT2D eigenvalue weighted by Crippen LogP contribution is -2.33. The zero-order chi connectivity index (χ0) is 24.2. The highest BCUT2D eigenvalue weighted by Gasteiger charge is 2.15. The number of nitrogens with one attached hydrogen (secondary N) is 2. The second-order valence-electron chi connectivity index (χ2n) is 7.14. The molecule has 2 aromatic carbocycles. The second kappa shape index (κ2) is 10.3. The van der Waals surface area contributed by atoms with Crippen molar-refractivity contribution in [3.8, 4) is 34.1 Å². The molecule has 2 N–H and O–H groups in total. The molecule has 0 bridgehead atoms. The van der Waals surface area contributed by atoms with E-state index in [2.05, 4.69) is 15.6 Å². The minimum atomic E-state index is -0.473. The quantitative estimate of drug-likeness (QED) is 0.298. The van der Waals surface area contributed by atoms with Gasteiger partial charge in [-0.05, 0) is 61.1 Å². The van der Waals surface area contributed by atoms with Gasteiger partial charge in [0.1, 0.15) is 5.76 Å². The maximum atomic E-state index is 12.6. The minimum Gasteiger partial charge on any atom is -0.493 e. The molecule has 0 unspecified atom stereocenters. The number of ether oxygens (including phenoxy) is 2. The number of rotatable bonds is 6. The van der Waals surface area contributed by atoms with E-state index in [0.717, 1.165) is 22.4 Å². The number of methoxy groups -OCH3 is 2. The van der Waals surface area contributed by atoms with Gasteiger partial charge in [-0.2, -0.15) is 0 Å². The smallest absolute Gasteiger partial charge is 0.293 e. The standard InChI is InChI=1S/C24H20ClN3O4S2/c1-13-4-5-15(10-16(13)25)18-8-9-20(32-18)22(29)27-23(33)28-24-26-17(12-34-24)14-6-7-19(30-2)21(11-14)31-3/h4-12H,1-3H3,(H2,26,27,28,29,33). The van der Waals surface area contributed by atoms with Crippen LogP contribution >= 0.6 is 35.2 Å². The van der Waals surface area contributed by atoms with Gasteiger partial charge in [-0.1, -0.05) is 23.7 Å². The summed E-state index contributed by atoms with van der Waals surface area (Å²) >= 11 is 12.8. The molecule has 2 heterocycles. The van der Waals surface area contributed by atoms with Gasteiger partial charge in [0.05, 0.1) is 19.9 Å². The first-order chi connectivity index (χ1) is 16.4. The summed E-state index contributed by atoms with van der Waals surface area (Å²) in [6, 6.07) is 14.4. The number of hydrogen-bond donors (Lipinski definition) is 2. The molecule has 0 aliphatic carbocycles. The highest BCUT2D eigenvalue weighted by molar-refractivity contribution is 7.80. The monoisotopic (exact) mass is 513 g/mol. The normalized spacial score (nSPS) is 10.6. The summed E-state index contributed by atoms with van der Waals surface area (Å²) in [7, 11) is 3.16. The van der Waals surface area contributed by atoms with E-state index in [0.29, 0.717) is 27.4 Å². The van der Waals surface area contributed by atoms with Crippen LogP contribution in [0.15, 0.2) is 58.3 Å². The lowest BCUT2D eigenvalue weighted by molar-refractivity contribution is 0.0951. The Kier molecular flexibility index (Phi) is 7.16. The van der Waals surface area contributed by atoms with E-state index in [-0.39, 0.29) is 10.9 Å². The van der Waals surface area contributed by atoms with E-state index in [1.54, 1.807) is 32.4 Å². The molecule has 0 spiro atoms. The Morgan fingerprint density at radius 1 is 1.06 bits per heavy atom. The Bertz CT molecular complexity index is 1370. The average molecular weight is 514 g/mol. The third-order valence-corrected chi connectivity index (χ3v) is 6.29. The summed E-state index contributed by atoms with van der Waals surface area (Å²) in [6.45, 7) is 1.92. The Morgan fingerprint density at radius 3 is 2.56 bits per heavy atom. The fourth-order valence-corrected chi connectivity index (χ4v) is 4.27. The summed E-state index contributed by atoms with van der Waals surface area (Å²) in [5, 5.41) is 8.67. The van der Waals surface area contributed by atoms with E-state index in [1.807, 2.05) is 42.6 Å². The van der Waals surface area contributed by atoms with Crippen molar-refractivity contribution >= 4 is 51.3 Å². The van der Waals surface area contributed by atoms with Crippen molar-refractivity contribution < 1.29 is 18.7 Å². The molecular formula is C24H20ClN3O4S2. The van der Waals surface area contributed by atoms with Crippen LogP contribution in [-0.4, -0.2) is 30.2 Å². The summed E-state index contributed by atoms with van der Waals surface area (Å²) in [6.07, 6.45) is 0. The number of anilines is 1. The number of aromatic nitrogens is 1. The van der Waals surface area contributed by atoms with Crippen molar-refractivity contribution in [2.45, 2.75) is 6.92 Å². The number of hydrogen-bond acceptors (Lipinski definition) is 7. The van der Waals surface area contributed by atoms with E-state index in [9.17, 15) is 4.79 Å². The van der Waals surface area contributed by atoms with Gasteiger partial charge in [-0.3, -0.25) is 10.1 Å². The fourth-order valence-electron chi connectivity index (χ4n) is 3.11. The number of carbonyl (C=O) groups excluding carboxylic acids is 1. The van der Waals surface area contributed by atoms with Crippen LogP contribution in [0.4, 0.5) is 5.13 Å². The Morgan fingerprint density at radius 2 is 1.82 bits per heavy atom. The molecule has 174 valence electrons. The molecule has 0 saturated heterocycles. The van der Waals surface area contributed by atoms with Crippen LogP contribution in [0.2, 0.25) is 5.02 Å². The molecule has 0 atom stereocenters. The van der Waals surface area contributed by atoms with Crippen LogP contribution in [0.3, 0.4) is 0 Å². The third-order valence-electron chi connectivity index (χ3n) is 4.92. The van der Waals surface area contributed by atoms with Gasteiger partial charge >= 0.3 is 0 Å². The molecule has 2 aromatic heterocycles. The summed E-state index contributed by atoms with van der Waals surface area (Å²) in [5.41, 5.74) is 3.33. The molecule has 4 rings (SSSR count). The van der Waals surface area contributed by atoms with Crippen molar-refractivity contribution in [1.29, 1.82) is 0 Å². The van der Waals surface area contributed by atoms with E-state index < -0.39 is 5.91 Å². The number of aryl methyl sites for hydroxylation is 1. The molecule has 0 saturated carbocycles. The molecule has 34 heavy (non-hydrogen) atoms. The first-order valence-electron chi connectivity index (χ1n) is 10.0. The first kappa shape index (κ1) is 23.7. The molecule has 4 aromatic rings. The number of amides is 1. The van der Waals surface area contributed by atoms with Crippen molar-refractivity contribution in [3.63, 3.8) is 0 Å². The first-order valence-corrected chi connectivity index (χ1v) is 11.7. The van der Waals surface area contributed by atoms with Crippen LogP contribution in [-0.2, 0) is 0 Å². The predicted octanol–water partition coefficient (Wildman–Crippen LogP) is 6.18. The maximum Gasteiger partial charge on any atom is 0.293 e. The van der Waals surface area contributed by atoms with Crippen molar-refractivity contribution in [2.75, 3.05) is 19.5 Å². The van der Waals surface area contributed by atoms with E-state index >= 15 is 0 Å². The predicted molar refractivity (Wildman–Crippen MR) is 138 cm³/mol. The highest BCUT2D eigenvalue weighted by Crippen LogP contribution is 2.33. The molecule has 7 nitrogen and oxygen atoms in total. The summed E-state index contributed by atoms with van der Waals surface area (Å²) < 4.78 is 16.3. The van der Waals surface area contributed by atoms with Gasteiger partial charge in [0, 0.05) is 21.5 Å². The maximum absolute atomic E-state index is 12.6. The number of thiazole rings is 1. The van der Waals surface area contributed by atoms with Gasteiger partial charge in [-0.15, -0.1) is 11.3 Å². The van der Waals surface area contributed by atoms with E-state index in [1.165, 1.54) is 11.3 Å². The number of benzene rings is 2. The fraction of sp³-hybridized carbons (Fsp3) is 0.125. The Balaban J connectivity index is 1.40. The molecule has 0 radical (unpaired) electrons. The average Bonchev–Trinajstić information content (AvgIpc) is 3.50. The zero-order valence-corrected chi connectivity index (χ0v) is 20.9. The van der Waals surface area contributed by atoms with Crippen LogP contribution in [0.25, 0.3) is 22.6 Å². The second-order valence-corrected chi connectivity index (χ2v) is 8.82. The van der Waals surface area contributed by atoms with Crippen molar-refractivity contribution in [1.82, 2.24) is 10.3 Å². The number of furan rings is 1. The Labute approximate surface area is 210 Å². The van der Waals surface area contributed by atoms with Crippen LogP contribution in [0.5, 0.6) is 11.5 Å². The lowest BCUT2D eigenvalue weighted by atomic mass is 10.1. The SMILES string of the molecule is COc1ccc(-c2csc(NC(=S)NC(=O)c3ccc(-c4ccc(C)c(Cl)c4)o3)n2)cc1OC. The third kappa shape index (κ3) is 5.22. The molecule has 1 amide bonds. The van der Waals surface area contributed by atoms with Gasteiger partial charge < -0.3 is 19.2 Å². The van der Waals surface area contributed by atoms with Gasteiger partial charge in [0.25, 0.3) is 5.91 Å². The molecule has 10 heteroatoms. The topological polar surface area (TPSA) is 85.6 Å². The van der Waals surface area contributed by atoms with Crippen LogP contribution < -0.4 is 20.1 Å². The van der Waals surface area contributed by atoms with E-state index in [4.69, 9.17) is 37.7 Å². The van der Waals surface area contributed by atoms with Gasteiger partial charge in [0.15, 0.2) is 27.5 Å². The van der Waals surface area contributed by atoms with Crippen LogP contribution in [0, 0.1) is 6.92 Å². The number of carbonyl (C=O) groups is 1. The van der Waals surface area contributed by atoms with Crippen LogP contribution in [0.1, 0.15) is 16.1 Å².